The maximum absolute atomic E-state index is 13.0. The average molecular weight is 271 g/mol. The lowest BCUT2D eigenvalue weighted by Crippen LogP contribution is -2.23. The number of carboxylic acids is 1. The summed E-state index contributed by atoms with van der Waals surface area (Å²) in [5.41, 5.74) is -6.10. The number of alkyl halides is 3. The standard InChI is InChI=1S/C8H5F4NO3S/c9-6-3-4(1-2-5(6)7(14)15)13-17(16)8(10,11)12/h1-3,13H,(H,14,15). The largest absolute Gasteiger partial charge is 0.490 e. The van der Waals surface area contributed by atoms with E-state index in [1.165, 1.54) is 4.72 Å². The number of carboxylic acid groups (broad SMARTS) is 1. The minimum absolute atomic E-state index is 0.428. The Labute approximate surface area is 94.8 Å². The van der Waals surface area contributed by atoms with E-state index in [0.29, 0.717) is 6.07 Å². The number of rotatable bonds is 3. The Balaban J connectivity index is 2.92. The van der Waals surface area contributed by atoms with Gasteiger partial charge >= 0.3 is 11.5 Å². The Morgan fingerprint density at radius 3 is 2.35 bits per heavy atom. The van der Waals surface area contributed by atoms with E-state index in [9.17, 15) is 26.6 Å². The molecule has 0 aliphatic carbocycles. The van der Waals surface area contributed by atoms with Crippen molar-refractivity contribution >= 4 is 22.6 Å². The summed E-state index contributed by atoms with van der Waals surface area (Å²) >= 11 is 0. The van der Waals surface area contributed by atoms with E-state index >= 15 is 0 Å². The van der Waals surface area contributed by atoms with Crippen LogP contribution in [0.2, 0.25) is 0 Å². The molecule has 1 aromatic carbocycles. The molecule has 1 aromatic rings. The second kappa shape index (κ2) is 4.70. The molecule has 0 bridgehead atoms. The summed E-state index contributed by atoms with van der Waals surface area (Å²) in [6.45, 7) is 0. The second-order valence-electron chi connectivity index (χ2n) is 2.82. The van der Waals surface area contributed by atoms with Gasteiger partial charge in [0.2, 0.25) is 11.0 Å². The summed E-state index contributed by atoms with van der Waals surface area (Å²) in [4.78, 5) is 10.4. The van der Waals surface area contributed by atoms with Crippen LogP contribution >= 0.6 is 0 Å². The van der Waals surface area contributed by atoms with Crippen LogP contribution in [0.25, 0.3) is 0 Å². The summed E-state index contributed by atoms with van der Waals surface area (Å²) < 4.78 is 60.8. The first-order valence-corrected chi connectivity index (χ1v) is 5.15. The second-order valence-corrected chi connectivity index (χ2v) is 4.02. The molecular formula is C8H5F4NO3S. The number of halogens is 4. The van der Waals surface area contributed by atoms with E-state index in [4.69, 9.17) is 5.11 Å². The Morgan fingerprint density at radius 2 is 1.94 bits per heavy atom. The molecule has 1 atom stereocenters. The van der Waals surface area contributed by atoms with Crippen LogP contribution in [0.3, 0.4) is 0 Å². The van der Waals surface area contributed by atoms with Crippen LogP contribution < -0.4 is 4.72 Å². The highest BCUT2D eigenvalue weighted by atomic mass is 32.2. The molecular weight excluding hydrogens is 266 g/mol. The molecule has 0 aliphatic rings. The Kier molecular flexibility index (Phi) is 3.71. The zero-order valence-electron chi connectivity index (χ0n) is 7.92. The third kappa shape index (κ3) is 3.41. The molecule has 4 nitrogen and oxygen atoms in total. The van der Waals surface area contributed by atoms with E-state index < -0.39 is 39.5 Å². The Bertz CT molecular complexity index is 474. The smallest absolute Gasteiger partial charge is 0.478 e. The summed E-state index contributed by atoms with van der Waals surface area (Å²) in [6.07, 6.45) is 0. The lowest BCUT2D eigenvalue weighted by molar-refractivity contribution is -0.0379. The number of anilines is 1. The molecule has 0 spiro atoms. The van der Waals surface area contributed by atoms with Gasteiger partial charge in [0.25, 0.3) is 0 Å². The predicted octanol–water partition coefficient (Wildman–Crippen LogP) is 2.12. The zero-order chi connectivity index (χ0) is 13.2. The summed E-state index contributed by atoms with van der Waals surface area (Å²) in [5.74, 6) is -2.77. The lowest BCUT2D eigenvalue weighted by atomic mass is 10.2. The number of nitrogens with one attached hydrogen (secondary N) is 1. The Morgan fingerprint density at radius 1 is 1.35 bits per heavy atom. The van der Waals surface area contributed by atoms with Crippen molar-refractivity contribution < 1.29 is 31.7 Å². The van der Waals surface area contributed by atoms with Crippen LogP contribution in [0.15, 0.2) is 18.2 Å². The third-order valence-corrected chi connectivity index (χ3v) is 2.46. The average Bonchev–Trinajstić information content (AvgIpc) is 2.15. The zero-order valence-corrected chi connectivity index (χ0v) is 8.73. The van der Waals surface area contributed by atoms with Crippen LogP contribution in [0, 0.1) is 5.82 Å². The fourth-order valence-corrected chi connectivity index (χ4v) is 1.37. The van der Waals surface area contributed by atoms with E-state index in [0.717, 1.165) is 12.1 Å². The van der Waals surface area contributed by atoms with E-state index in [-0.39, 0.29) is 0 Å². The van der Waals surface area contributed by atoms with Crippen molar-refractivity contribution in [1.82, 2.24) is 0 Å². The number of benzene rings is 1. The van der Waals surface area contributed by atoms with Gasteiger partial charge in [0, 0.05) is 5.69 Å². The fraction of sp³-hybridized carbons (Fsp3) is 0.125. The minimum Gasteiger partial charge on any atom is -0.478 e. The maximum atomic E-state index is 13.0. The van der Waals surface area contributed by atoms with Gasteiger partial charge in [-0.3, -0.25) is 4.72 Å². The van der Waals surface area contributed by atoms with Crippen molar-refractivity contribution in [2.45, 2.75) is 5.51 Å². The van der Waals surface area contributed by atoms with Crippen molar-refractivity contribution in [3.63, 3.8) is 0 Å². The van der Waals surface area contributed by atoms with E-state index in [1.54, 1.807) is 0 Å². The van der Waals surface area contributed by atoms with Crippen molar-refractivity contribution in [3.05, 3.63) is 29.6 Å². The van der Waals surface area contributed by atoms with Crippen molar-refractivity contribution in [2.24, 2.45) is 0 Å². The minimum atomic E-state index is -4.98. The molecule has 1 rings (SSSR count). The SMILES string of the molecule is O=C(O)c1ccc(NS(=O)C(F)(F)F)cc1F. The molecule has 94 valence electrons. The van der Waals surface area contributed by atoms with Crippen LogP contribution in [-0.4, -0.2) is 20.8 Å². The van der Waals surface area contributed by atoms with E-state index in [1.807, 2.05) is 0 Å². The summed E-state index contributed by atoms with van der Waals surface area (Å²) in [6, 6.07) is 2.18. The normalized spacial score (nSPS) is 13.2. The molecule has 0 amide bonds. The van der Waals surface area contributed by atoms with Crippen LogP contribution in [0.1, 0.15) is 10.4 Å². The lowest BCUT2D eigenvalue weighted by Gasteiger charge is -2.09. The van der Waals surface area contributed by atoms with Gasteiger partial charge in [0.05, 0.1) is 5.56 Å². The molecule has 0 heterocycles. The monoisotopic (exact) mass is 271 g/mol. The number of carbonyl (C=O) groups is 1. The molecule has 0 aliphatic heterocycles. The molecule has 2 N–H and O–H groups in total. The number of aromatic carboxylic acids is 1. The third-order valence-electron chi connectivity index (χ3n) is 1.62. The first kappa shape index (κ1) is 13.4. The molecule has 0 saturated carbocycles. The predicted molar refractivity (Wildman–Crippen MR) is 51.2 cm³/mol. The molecule has 9 heteroatoms. The van der Waals surface area contributed by atoms with Gasteiger partial charge in [-0.1, -0.05) is 0 Å². The van der Waals surface area contributed by atoms with Crippen LogP contribution in [0.5, 0.6) is 0 Å². The van der Waals surface area contributed by atoms with Crippen LogP contribution in [0.4, 0.5) is 23.2 Å². The van der Waals surface area contributed by atoms with Crippen molar-refractivity contribution in [1.29, 1.82) is 0 Å². The highest BCUT2D eigenvalue weighted by molar-refractivity contribution is 7.87. The van der Waals surface area contributed by atoms with Crippen LogP contribution in [-0.2, 0) is 11.0 Å². The summed E-state index contributed by atoms with van der Waals surface area (Å²) in [5, 5.41) is 8.47. The summed E-state index contributed by atoms with van der Waals surface area (Å²) in [7, 11) is -3.38. The molecule has 0 radical (unpaired) electrons. The van der Waals surface area contributed by atoms with Gasteiger partial charge in [0.1, 0.15) is 5.82 Å². The van der Waals surface area contributed by atoms with Gasteiger partial charge < -0.3 is 5.11 Å². The van der Waals surface area contributed by atoms with Gasteiger partial charge in [-0.25, -0.2) is 13.4 Å². The highest BCUT2D eigenvalue weighted by Gasteiger charge is 2.37. The van der Waals surface area contributed by atoms with Gasteiger partial charge in [-0.15, -0.1) is 0 Å². The first-order chi connectivity index (χ1) is 7.71. The molecule has 0 saturated heterocycles. The molecule has 0 aromatic heterocycles. The van der Waals surface area contributed by atoms with Gasteiger partial charge in [-0.05, 0) is 18.2 Å². The maximum Gasteiger partial charge on any atom is 0.490 e. The molecule has 0 fully saturated rings. The van der Waals surface area contributed by atoms with Crippen molar-refractivity contribution in [2.75, 3.05) is 4.72 Å². The van der Waals surface area contributed by atoms with Crippen molar-refractivity contribution in [3.8, 4) is 0 Å². The first-order valence-electron chi connectivity index (χ1n) is 4.00. The van der Waals surface area contributed by atoms with E-state index in [2.05, 4.69) is 0 Å². The molecule has 17 heavy (non-hydrogen) atoms. The Hall–Kier alpha value is -1.64. The topological polar surface area (TPSA) is 66.4 Å². The molecule has 1 unspecified atom stereocenters. The van der Waals surface area contributed by atoms with Gasteiger partial charge in [0.15, 0.2) is 0 Å². The highest BCUT2D eigenvalue weighted by Crippen LogP contribution is 2.23. The number of hydrogen-bond acceptors (Lipinski definition) is 2. The fourth-order valence-electron chi connectivity index (χ4n) is 0.917. The quantitative estimate of drug-likeness (QED) is 0.827. The number of hydrogen-bond donors (Lipinski definition) is 2. The van der Waals surface area contributed by atoms with Gasteiger partial charge in [-0.2, -0.15) is 13.2 Å².